The van der Waals surface area contributed by atoms with Gasteiger partial charge in [-0.25, -0.2) is 0 Å². The van der Waals surface area contributed by atoms with Crippen LogP contribution in [0.4, 0.5) is 0 Å². The Bertz CT molecular complexity index is 6.00. The van der Waals surface area contributed by atoms with Crippen molar-refractivity contribution in [3.63, 3.8) is 0 Å². The van der Waals surface area contributed by atoms with Gasteiger partial charge in [-0.2, -0.15) is 0 Å². The molecule has 0 aromatic carbocycles. The van der Waals surface area contributed by atoms with Gasteiger partial charge in [-0.15, -0.1) is 0 Å². The van der Waals surface area contributed by atoms with E-state index in [1.165, 1.54) is 0 Å². The molecule has 0 unspecified atom stereocenters. The maximum Gasteiger partial charge on any atom is 0.106 e. The Morgan fingerprint density at radius 3 is 1.25 bits per heavy atom. The van der Waals surface area contributed by atoms with E-state index in [1.807, 2.05) is 6.79 Å². The zero-order valence-electron chi connectivity index (χ0n) is 1.43. The van der Waals surface area contributed by atoms with E-state index in [-0.39, 0.29) is 27.8 Å². The third kappa shape index (κ3) is 37.5. The Balaban J connectivity index is -0.00000000500. The topological polar surface area (TPSA) is 17.1 Å². The summed E-state index contributed by atoms with van der Waals surface area (Å²) in [6.45, 7) is 2.00. The van der Waals surface area contributed by atoms with Gasteiger partial charge in [-0.05, 0) is 0 Å². The molecule has 0 heterocycles. The minimum atomic E-state index is 0. The summed E-state index contributed by atoms with van der Waals surface area (Å²) in [6, 6.07) is 0. The first-order valence-electron chi connectivity index (χ1n) is 0.289. The summed E-state index contributed by atoms with van der Waals surface area (Å²) in [5.74, 6) is 0. The molecule has 0 spiro atoms. The van der Waals surface area contributed by atoms with Crippen molar-refractivity contribution >= 4 is 6.79 Å². The van der Waals surface area contributed by atoms with Crippen LogP contribution in [0.25, 0.3) is 0 Å². The van der Waals surface area contributed by atoms with Gasteiger partial charge in [0.1, 0.15) is 6.79 Å². The van der Waals surface area contributed by atoms with Gasteiger partial charge in [-0.3, -0.25) is 0 Å². The number of carbonyl (C=O) groups excluding carboxylic acids is 1. The molecule has 0 aromatic heterocycles. The number of carbonyl (C=O) groups is 1. The molecule has 0 fully saturated rings. The van der Waals surface area contributed by atoms with E-state index in [2.05, 4.69) is 0 Å². The largest absolute Gasteiger partial charge is 0.307 e. The summed E-state index contributed by atoms with van der Waals surface area (Å²) in [4.78, 5) is 8.00. The fourth-order valence-electron chi connectivity index (χ4n) is 0. The second-order valence-corrected chi connectivity index (χ2v) is 0. The quantitative estimate of drug-likeness (QED) is 0.461. The Labute approximate surface area is 40.1 Å². The summed E-state index contributed by atoms with van der Waals surface area (Å²) in [5, 5.41) is 0. The van der Waals surface area contributed by atoms with Gasteiger partial charge in [0.05, 0.1) is 0 Å². The van der Waals surface area contributed by atoms with Crippen LogP contribution in [0.1, 0.15) is 7.43 Å². The standard InChI is InChI=1S/CH2O.CH4.Pd/c1-2;;/h1H2;1H4;. The Morgan fingerprint density at radius 2 is 1.25 bits per heavy atom. The molecule has 30 valence electrons. The third-order valence-corrected chi connectivity index (χ3v) is 0. The third-order valence-electron chi connectivity index (χ3n) is 0. The minimum Gasteiger partial charge on any atom is -0.307 e. The predicted octanol–water partition coefficient (Wildman–Crippen LogP) is 0.449. The SMILES string of the molecule is C.C=O.[Pd]. The molecule has 0 radical (unpaired) electrons. The van der Waals surface area contributed by atoms with E-state index < -0.39 is 0 Å². The molecule has 0 amide bonds. The first kappa shape index (κ1) is 27.1. The van der Waals surface area contributed by atoms with Crippen LogP contribution in [0.15, 0.2) is 0 Å². The molecular weight excluding hydrogens is 146 g/mol. The maximum atomic E-state index is 8.00. The number of hydrogen-bond acceptors (Lipinski definition) is 1. The molecule has 4 heavy (non-hydrogen) atoms. The van der Waals surface area contributed by atoms with Crippen LogP contribution >= 0.6 is 0 Å². The molecule has 1 nitrogen and oxygen atoms in total. The van der Waals surface area contributed by atoms with Crippen LogP contribution in [-0.4, -0.2) is 6.79 Å². The van der Waals surface area contributed by atoms with E-state index in [4.69, 9.17) is 4.79 Å². The van der Waals surface area contributed by atoms with Gasteiger partial charge in [0.25, 0.3) is 0 Å². The van der Waals surface area contributed by atoms with Crippen molar-refractivity contribution in [3.05, 3.63) is 0 Å². The van der Waals surface area contributed by atoms with Crippen LogP contribution in [0.3, 0.4) is 0 Å². The van der Waals surface area contributed by atoms with Crippen molar-refractivity contribution in [2.75, 3.05) is 0 Å². The zero-order chi connectivity index (χ0) is 2.00. The van der Waals surface area contributed by atoms with Crippen molar-refractivity contribution in [1.29, 1.82) is 0 Å². The van der Waals surface area contributed by atoms with Crippen molar-refractivity contribution in [2.24, 2.45) is 0 Å². The minimum absolute atomic E-state index is 0. The van der Waals surface area contributed by atoms with Crippen molar-refractivity contribution < 1.29 is 25.2 Å². The molecule has 0 aliphatic heterocycles. The van der Waals surface area contributed by atoms with Gasteiger partial charge in [-0.1, -0.05) is 7.43 Å². The average Bonchev–Trinajstić information content (AvgIpc) is 1.00. The molecule has 0 aliphatic carbocycles. The molecule has 0 N–H and O–H groups in total. The van der Waals surface area contributed by atoms with Gasteiger partial charge in [0, 0.05) is 20.4 Å². The molecule has 2 heteroatoms. The summed E-state index contributed by atoms with van der Waals surface area (Å²) >= 11 is 0. The molecule has 0 aliphatic rings. The fourth-order valence-corrected chi connectivity index (χ4v) is 0. The first-order chi connectivity index (χ1) is 1.00. The summed E-state index contributed by atoms with van der Waals surface area (Å²) in [6.07, 6.45) is 0. The molecule has 0 saturated carbocycles. The molecule has 0 bridgehead atoms. The van der Waals surface area contributed by atoms with Crippen LogP contribution < -0.4 is 0 Å². The van der Waals surface area contributed by atoms with Crippen LogP contribution in [0.5, 0.6) is 0 Å². The Morgan fingerprint density at radius 1 is 1.25 bits per heavy atom. The van der Waals surface area contributed by atoms with E-state index in [1.54, 1.807) is 0 Å². The van der Waals surface area contributed by atoms with Crippen molar-refractivity contribution in [2.45, 2.75) is 7.43 Å². The van der Waals surface area contributed by atoms with Gasteiger partial charge in [0.15, 0.2) is 0 Å². The summed E-state index contributed by atoms with van der Waals surface area (Å²) < 4.78 is 0. The van der Waals surface area contributed by atoms with Gasteiger partial charge >= 0.3 is 0 Å². The average molecular weight is 152 g/mol. The Hall–Kier alpha value is 0.332. The van der Waals surface area contributed by atoms with Gasteiger partial charge in [0.2, 0.25) is 0 Å². The second-order valence-electron chi connectivity index (χ2n) is 0. The van der Waals surface area contributed by atoms with Crippen molar-refractivity contribution in [3.8, 4) is 0 Å². The fraction of sp³-hybridized carbons (Fsp3) is 0.500. The Kier molecular flexibility index (Phi) is 1110. The van der Waals surface area contributed by atoms with Crippen molar-refractivity contribution in [1.82, 2.24) is 0 Å². The number of rotatable bonds is 0. The maximum absolute atomic E-state index is 8.00. The number of hydrogen-bond donors (Lipinski definition) is 0. The van der Waals surface area contributed by atoms with E-state index in [9.17, 15) is 0 Å². The molecule has 0 saturated heterocycles. The van der Waals surface area contributed by atoms with Gasteiger partial charge < -0.3 is 4.79 Å². The van der Waals surface area contributed by atoms with E-state index in [0.717, 1.165) is 0 Å². The molecular formula is C2H6OPd. The van der Waals surface area contributed by atoms with Crippen LogP contribution in [-0.2, 0) is 25.2 Å². The van der Waals surface area contributed by atoms with E-state index >= 15 is 0 Å². The van der Waals surface area contributed by atoms with E-state index in [0.29, 0.717) is 0 Å². The molecule has 0 rings (SSSR count). The predicted molar refractivity (Wildman–Crippen MR) is 13.9 cm³/mol. The summed E-state index contributed by atoms with van der Waals surface area (Å²) in [5.41, 5.74) is 0. The second kappa shape index (κ2) is 164. The summed E-state index contributed by atoms with van der Waals surface area (Å²) in [7, 11) is 0. The first-order valence-corrected chi connectivity index (χ1v) is 0.289. The smallest absolute Gasteiger partial charge is 0.106 e. The molecule has 0 atom stereocenters. The van der Waals surface area contributed by atoms with Crippen LogP contribution in [0.2, 0.25) is 0 Å². The van der Waals surface area contributed by atoms with Crippen LogP contribution in [0, 0.1) is 0 Å². The zero-order valence-corrected chi connectivity index (χ0v) is 2.99. The normalized spacial score (nSPS) is 1.00. The monoisotopic (exact) mass is 152 g/mol. The molecule has 0 aromatic rings.